The van der Waals surface area contributed by atoms with Crippen LogP contribution in [0, 0.1) is 5.41 Å². The molecule has 0 aromatic carbocycles. The van der Waals surface area contributed by atoms with Crippen molar-refractivity contribution in [1.82, 2.24) is 20.4 Å². The lowest BCUT2D eigenvalue weighted by Crippen LogP contribution is -2.45. The molecule has 21 heavy (non-hydrogen) atoms. The molecule has 116 valence electrons. The number of carbonyl (C=O) groups excluding carboxylic acids is 1. The Morgan fingerprint density at radius 1 is 1.62 bits per heavy atom. The van der Waals surface area contributed by atoms with Crippen molar-refractivity contribution in [3.63, 3.8) is 0 Å². The number of carboxylic acids is 1. The number of hydrogen-bond donors (Lipinski definition) is 3. The molecule has 7 nitrogen and oxygen atoms in total. The maximum absolute atomic E-state index is 12.6. The molecule has 1 saturated heterocycles. The van der Waals surface area contributed by atoms with Crippen LogP contribution in [0.25, 0.3) is 0 Å². The number of nitrogens with one attached hydrogen (secondary N) is 2. The average molecular weight is 294 g/mol. The predicted molar refractivity (Wildman–Crippen MR) is 76.6 cm³/mol. The zero-order chi connectivity index (χ0) is 15.5. The Bertz CT molecular complexity index is 520. The van der Waals surface area contributed by atoms with Crippen molar-refractivity contribution in [2.75, 3.05) is 13.1 Å². The van der Waals surface area contributed by atoms with Crippen LogP contribution in [0.2, 0.25) is 0 Å². The molecule has 0 radical (unpaired) electrons. The van der Waals surface area contributed by atoms with Crippen molar-refractivity contribution in [3.8, 4) is 0 Å². The molecule has 2 rings (SSSR count). The van der Waals surface area contributed by atoms with Crippen LogP contribution < -0.4 is 10.6 Å². The maximum Gasteiger partial charge on any atom is 0.331 e. The average Bonchev–Trinajstić information content (AvgIpc) is 3.06. The summed E-state index contributed by atoms with van der Waals surface area (Å²) in [6.45, 7) is 3.42. The molecule has 0 aliphatic carbocycles. The molecule has 0 saturated carbocycles. The summed E-state index contributed by atoms with van der Waals surface area (Å²) in [5, 5.41) is 19.2. The standard InChI is InChI=1S/C14H22N4O3/c1-3-4-14(5-6-15-9-14)13(21)17-11(12(19)20)10-7-16-18(2)8-10/h7-8,11,15H,3-6,9H2,1-2H3,(H,17,21)(H,19,20). The molecule has 1 aromatic heterocycles. The van der Waals surface area contributed by atoms with E-state index in [1.54, 1.807) is 13.2 Å². The molecular weight excluding hydrogens is 272 g/mol. The summed E-state index contributed by atoms with van der Waals surface area (Å²) in [4.78, 5) is 24.1. The Morgan fingerprint density at radius 2 is 2.38 bits per heavy atom. The number of aromatic nitrogens is 2. The SMILES string of the molecule is CCCC1(C(=O)NC(C(=O)O)c2cnn(C)c2)CCNC1. The first-order valence-electron chi connectivity index (χ1n) is 7.21. The van der Waals surface area contributed by atoms with E-state index in [1.165, 1.54) is 10.9 Å². The smallest absolute Gasteiger partial charge is 0.331 e. The molecule has 3 N–H and O–H groups in total. The fourth-order valence-corrected chi connectivity index (χ4v) is 2.90. The minimum absolute atomic E-state index is 0.189. The largest absolute Gasteiger partial charge is 0.479 e. The molecule has 7 heteroatoms. The molecule has 2 heterocycles. The lowest BCUT2D eigenvalue weighted by Gasteiger charge is -2.28. The van der Waals surface area contributed by atoms with Crippen LogP contribution in [-0.4, -0.2) is 39.9 Å². The van der Waals surface area contributed by atoms with E-state index in [9.17, 15) is 14.7 Å². The van der Waals surface area contributed by atoms with Gasteiger partial charge >= 0.3 is 5.97 Å². The van der Waals surface area contributed by atoms with Gasteiger partial charge in [-0.05, 0) is 19.4 Å². The quantitative estimate of drug-likeness (QED) is 0.707. The highest BCUT2D eigenvalue weighted by molar-refractivity contribution is 5.88. The Morgan fingerprint density at radius 3 is 2.86 bits per heavy atom. The van der Waals surface area contributed by atoms with E-state index in [-0.39, 0.29) is 5.91 Å². The fourth-order valence-electron chi connectivity index (χ4n) is 2.90. The maximum atomic E-state index is 12.6. The number of carboxylic acid groups (broad SMARTS) is 1. The number of aryl methyl sites for hydroxylation is 1. The van der Waals surface area contributed by atoms with Gasteiger partial charge < -0.3 is 15.7 Å². The van der Waals surface area contributed by atoms with Gasteiger partial charge in [0.2, 0.25) is 5.91 Å². The molecule has 2 unspecified atom stereocenters. The van der Waals surface area contributed by atoms with E-state index in [0.717, 1.165) is 25.8 Å². The molecule has 0 bridgehead atoms. The Kier molecular flexibility index (Phi) is 4.62. The second kappa shape index (κ2) is 6.26. The van der Waals surface area contributed by atoms with Crippen molar-refractivity contribution in [3.05, 3.63) is 18.0 Å². The Balaban J connectivity index is 2.16. The first kappa shape index (κ1) is 15.5. The summed E-state index contributed by atoms with van der Waals surface area (Å²) < 4.78 is 1.52. The molecule has 1 amide bonds. The van der Waals surface area contributed by atoms with Crippen molar-refractivity contribution >= 4 is 11.9 Å². The number of amides is 1. The summed E-state index contributed by atoms with van der Waals surface area (Å²) in [5.74, 6) is -1.26. The number of aliphatic carboxylic acids is 1. The van der Waals surface area contributed by atoms with Crippen molar-refractivity contribution in [2.24, 2.45) is 12.5 Å². The van der Waals surface area contributed by atoms with Crippen molar-refractivity contribution in [2.45, 2.75) is 32.2 Å². The van der Waals surface area contributed by atoms with E-state index >= 15 is 0 Å². The van der Waals surface area contributed by atoms with Crippen molar-refractivity contribution < 1.29 is 14.7 Å². The van der Waals surface area contributed by atoms with Gasteiger partial charge in [-0.3, -0.25) is 9.48 Å². The third-order valence-corrected chi connectivity index (χ3v) is 4.03. The van der Waals surface area contributed by atoms with E-state index in [1.807, 2.05) is 6.92 Å². The molecule has 1 aliphatic rings. The van der Waals surface area contributed by atoms with Crippen LogP contribution in [0.15, 0.2) is 12.4 Å². The van der Waals surface area contributed by atoms with E-state index in [0.29, 0.717) is 12.1 Å². The highest BCUT2D eigenvalue weighted by Gasteiger charge is 2.42. The van der Waals surface area contributed by atoms with Crippen LogP contribution in [0.5, 0.6) is 0 Å². The van der Waals surface area contributed by atoms with Crippen LogP contribution in [0.3, 0.4) is 0 Å². The summed E-state index contributed by atoms with van der Waals surface area (Å²) >= 11 is 0. The third-order valence-electron chi connectivity index (χ3n) is 4.03. The summed E-state index contributed by atoms with van der Waals surface area (Å²) in [7, 11) is 1.71. The lowest BCUT2D eigenvalue weighted by molar-refractivity contribution is -0.144. The molecule has 1 aromatic rings. The van der Waals surface area contributed by atoms with Crippen LogP contribution in [0.1, 0.15) is 37.8 Å². The number of rotatable bonds is 6. The van der Waals surface area contributed by atoms with Gasteiger partial charge in [0, 0.05) is 25.4 Å². The number of hydrogen-bond acceptors (Lipinski definition) is 4. The van der Waals surface area contributed by atoms with Crippen LogP contribution >= 0.6 is 0 Å². The minimum Gasteiger partial charge on any atom is -0.479 e. The first-order valence-corrected chi connectivity index (χ1v) is 7.21. The monoisotopic (exact) mass is 294 g/mol. The fraction of sp³-hybridized carbons (Fsp3) is 0.643. The van der Waals surface area contributed by atoms with Gasteiger partial charge in [0.05, 0.1) is 11.6 Å². The zero-order valence-corrected chi connectivity index (χ0v) is 12.4. The van der Waals surface area contributed by atoms with Crippen molar-refractivity contribution in [1.29, 1.82) is 0 Å². The van der Waals surface area contributed by atoms with E-state index in [4.69, 9.17) is 0 Å². The molecule has 2 atom stereocenters. The van der Waals surface area contributed by atoms with Gasteiger partial charge in [0.1, 0.15) is 0 Å². The predicted octanol–water partition coefficient (Wildman–Crippen LogP) is 0.442. The van der Waals surface area contributed by atoms with Gasteiger partial charge in [-0.2, -0.15) is 5.10 Å². The lowest BCUT2D eigenvalue weighted by atomic mass is 9.81. The van der Waals surface area contributed by atoms with E-state index in [2.05, 4.69) is 15.7 Å². The topological polar surface area (TPSA) is 96.2 Å². The molecule has 0 spiro atoms. The zero-order valence-electron chi connectivity index (χ0n) is 12.4. The van der Waals surface area contributed by atoms with Gasteiger partial charge in [-0.1, -0.05) is 13.3 Å². The Labute approximate surface area is 123 Å². The summed E-state index contributed by atoms with van der Waals surface area (Å²) in [6.07, 6.45) is 5.47. The second-order valence-electron chi connectivity index (χ2n) is 5.65. The van der Waals surface area contributed by atoms with Gasteiger partial charge in [0.25, 0.3) is 0 Å². The highest BCUT2D eigenvalue weighted by Crippen LogP contribution is 2.32. The molecule has 1 aliphatic heterocycles. The number of nitrogens with zero attached hydrogens (tertiary/aromatic N) is 2. The van der Waals surface area contributed by atoms with Crippen LogP contribution in [-0.2, 0) is 16.6 Å². The Hall–Kier alpha value is -1.89. The van der Waals surface area contributed by atoms with Gasteiger partial charge in [-0.25, -0.2) is 4.79 Å². The molecular formula is C14H22N4O3. The van der Waals surface area contributed by atoms with Gasteiger partial charge in [0.15, 0.2) is 6.04 Å². The third kappa shape index (κ3) is 3.24. The van der Waals surface area contributed by atoms with Gasteiger partial charge in [-0.15, -0.1) is 0 Å². The summed E-state index contributed by atoms with van der Waals surface area (Å²) in [5.41, 5.74) is -0.0130. The minimum atomic E-state index is -1.08. The number of carbonyl (C=O) groups is 2. The normalized spacial score (nSPS) is 23.0. The second-order valence-corrected chi connectivity index (χ2v) is 5.65. The van der Waals surface area contributed by atoms with Crippen LogP contribution in [0.4, 0.5) is 0 Å². The molecule has 1 fully saturated rings. The highest BCUT2D eigenvalue weighted by atomic mass is 16.4. The summed E-state index contributed by atoms with van der Waals surface area (Å²) in [6, 6.07) is -1.06. The van der Waals surface area contributed by atoms with E-state index < -0.39 is 17.4 Å². The first-order chi connectivity index (χ1) is 9.98.